The third kappa shape index (κ3) is 2.54. The standard InChI is InChI=1S/C22H26N2O4/c1-12-17-10-24-7-6-15-14-5-4-13(26-2)8-19(14)23-21(15)20(24)9-16(17)18(11-28-12)22(25)27-3/h4-5,8,11-12,16-17,20,23H,6-7,9-10H2,1-3H3/t12-,16+,17+,20+/m1/s1. The number of benzene rings is 1. The molecule has 1 aromatic carbocycles. The van der Waals surface area contributed by atoms with Gasteiger partial charge in [-0.25, -0.2) is 4.79 Å². The van der Waals surface area contributed by atoms with Crippen LogP contribution in [-0.4, -0.2) is 49.3 Å². The fourth-order valence-corrected chi connectivity index (χ4v) is 5.35. The Morgan fingerprint density at radius 3 is 2.96 bits per heavy atom. The van der Waals surface area contributed by atoms with Crippen LogP contribution in [0.3, 0.4) is 0 Å². The number of ether oxygens (including phenoxy) is 3. The van der Waals surface area contributed by atoms with Gasteiger partial charge in [0.2, 0.25) is 0 Å². The molecule has 1 saturated heterocycles. The lowest BCUT2D eigenvalue weighted by atomic mass is 9.72. The lowest BCUT2D eigenvalue weighted by Crippen LogP contribution is -2.51. The van der Waals surface area contributed by atoms with Gasteiger partial charge < -0.3 is 19.2 Å². The molecular weight excluding hydrogens is 356 g/mol. The predicted molar refractivity (Wildman–Crippen MR) is 105 cm³/mol. The second-order valence-electron chi connectivity index (χ2n) is 8.10. The van der Waals surface area contributed by atoms with Crippen LogP contribution in [0.2, 0.25) is 0 Å². The number of nitrogens with zero attached hydrogens (tertiary/aromatic N) is 1. The van der Waals surface area contributed by atoms with Crippen LogP contribution in [0.15, 0.2) is 30.0 Å². The van der Waals surface area contributed by atoms with Crippen molar-refractivity contribution in [3.8, 4) is 5.75 Å². The van der Waals surface area contributed by atoms with E-state index in [4.69, 9.17) is 14.2 Å². The van der Waals surface area contributed by atoms with Gasteiger partial charge in [0.1, 0.15) is 5.75 Å². The molecule has 0 radical (unpaired) electrons. The van der Waals surface area contributed by atoms with Crippen LogP contribution >= 0.6 is 0 Å². The Kier molecular flexibility index (Phi) is 4.12. The zero-order chi connectivity index (χ0) is 19.4. The summed E-state index contributed by atoms with van der Waals surface area (Å²) in [5.74, 6) is 1.05. The van der Waals surface area contributed by atoms with Gasteiger partial charge in [-0.2, -0.15) is 0 Å². The number of methoxy groups -OCH3 is 2. The molecule has 6 heteroatoms. The highest BCUT2D eigenvalue weighted by molar-refractivity contribution is 5.89. The summed E-state index contributed by atoms with van der Waals surface area (Å²) >= 11 is 0. The normalized spacial score (nSPS) is 29.2. The first kappa shape index (κ1) is 17.6. The molecule has 2 aromatic rings. The van der Waals surface area contributed by atoms with E-state index in [2.05, 4.69) is 28.9 Å². The first-order chi connectivity index (χ1) is 13.6. The Bertz CT molecular complexity index is 963. The maximum atomic E-state index is 12.3. The Labute approximate surface area is 164 Å². The van der Waals surface area contributed by atoms with Gasteiger partial charge in [-0.1, -0.05) is 0 Å². The molecule has 4 heterocycles. The van der Waals surface area contributed by atoms with Gasteiger partial charge in [0.25, 0.3) is 0 Å². The molecule has 6 nitrogen and oxygen atoms in total. The van der Waals surface area contributed by atoms with E-state index in [1.165, 1.54) is 23.8 Å². The number of aromatic amines is 1. The minimum Gasteiger partial charge on any atom is -0.497 e. The second-order valence-corrected chi connectivity index (χ2v) is 8.10. The maximum Gasteiger partial charge on any atom is 0.337 e. The molecule has 1 N–H and O–H groups in total. The highest BCUT2D eigenvalue weighted by Gasteiger charge is 2.46. The van der Waals surface area contributed by atoms with Crippen molar-refractivity contribution in [3.63, 3.8) is 0 Å². The number of hydrogen-bond donors (Lipinski definition) is 1. The summed E-state index contributed by atoms with van der Waals surface area (Å²) in [5.41, 5.74) is 4.49. The van der Waals surface area contributed by atoms with Crippen molar-refractivity contribution >= 4 is 16.9 Å². The maximum absolute atomic E-state index is 12.3. The Morgan fingerprint density at radius 1 is 1.32 bits per heavy atom. The van der Waals surface area contributed by atoms with E-state index >= 15 is 0 Å². The van der Waals surface area contributed by atoms with Crippen molar-refractivity contribution in [2.24, 2.45) is 11.8 Å². The van der Waals surface area contributed by atoms with Gasteiger partial charge in [0.15, 0.2) is 0 Å². The molecule has 0 aliphatic carbocycles. The summed E-state index contributed by atoms with van der Waals surface area (Å²) in [6.45, 7) is 4.07. The number of rotatable bonds is 2. The Hall–Kier alpha value is -2.47. The average molecular weight is 382 g/mol. The molecule has 0 saturated carbocycles. The van der Waals surface area contributed by atoms with Crippen LogP contribution in [0.4, 0.5) is 0 Å². The topological polar surface area (TPSA) is 63.8 Å². The zero-order valence-electron chi connectivity index (χ0n) is 16.5. The molecule has 28 heavy (non-hydrogen) atoms. The van der Waals surface area contributed by atoms with Crippen molar-refractivity contribution in [2.45, 2.75) is 31.9 Å². The Morgan fingerprint density at radius 2 is 2.18 bits per heavy atom. The van der Waals surface area contributed by atoms with E-state index in [9.17, 15) is 4.79 Å². The third-order valence-electron chi connectivity index (χ3n) is 6.84. The van der Waals surface area contributed by atoms with E-state index in [0.717, 1.165) is 37.2 Å². The van der Waals surface area contributed by atoms with Crippen molar-refractivity contribution in [1.29, 1.82) is 0 Å². The van der Waals surface area contributed by atoms with Crippen LogP contribution in [-0.2, 0) is 20.7 Å². The lowest BCUT2D eigenvalue weighted by Gasteiger charge is -2.49. The largest absolute Gasteiger partial charge is 0.497 e. The van der Waals surface area contributed by atoms with Crippen molar-refractivity contribution in [1.82, 2.24) is 9.88 Å². The van der Waals surface area contributed by atoms with Gasteiger partial charge in [-0.05, 0) is 37.5 Å². The number of hydrogen-bond acceptors (Lipinski definition) is 5. The molecule has 4 atom stereocenters. The van der Waals surface area contributed by atoms with Gasteiger partial charge in [-0.15, -0.1) is 0 Å². The van der Waals surface area contributed by atoms with Gasteiger partial charge in [-0.3, -0.25) is 4.90 Å². The molecule has 148 valence electrons. The Balaban J connectivity index is 1.54. The minimum absolute atomic E-state index is 0.104. The van der Waals surface area contributed by atoms with E-state index in [1.54, 1.807) is 13.4 Å². The highest BCUT2D eigenvalue weighted by atomic mass is 16.5. The van der Waals surface area contributed by atoms with E-state index in [1.807, 2.05) is 6.07 Å². The van der Waals surface area contributed by atoms with Crippen molar-refractivity contribution in [2.75, 3.05) is 27.3 Å². The van der Waals surface area contributed by atoms with Crippen LogP contribution in [0.25, 0.3) is 10.9 Å². The monoisotopic (exact) mass is 382 g/mol. The quantitative estimate of drug-likeness (QED) is 0.809. The summed E-state index contributed by atoms with van der Waals surface area (Å²) in [6, 6.07) is 6.53. The molecule has 0 spiro atoms. The highest BCUT2D eigenvalue weighted by Crippen LogP contribution is 2.47. The fourth-order valence-electron chi connectivity index (χ4n) is 5.35. The molecule has 5 rings (SSSR count). The SMILES string of the molecule is COC(=O)C1=CO[C@H](C)[C@@H]2CN3CCc4c([nH]c5cc(OC)ccc45)[C@@H]3C[C@H]12. The minimum atomic E-state index is -0.271. The molecule has 1 fully saturated rings. The number of piperidine rings is 1. The van der Waals surface area contributed by atoms with Gasteiger partial charge >= 0.3 is 5.97 Å². The fraction of sp³-hybridized carbons (Fsp3) is 0.500. The third-order valence-corrected chi connectivity index (χ3v) is 6.84. The first-order valence-corrected chi connectivity index (χ1v) is 9.97. The van der Waals surface area contributed by atoms with E-state index in [-0.39, 0.29) is 24.0 Å². The number of carbonyl (C=O) groups is 1. The molecule has 0 bridgehead atoms. The summed E-state index contributed by atoms with van der Waals surface area (Å²) in [5, 5.41) is 1.28. The summed E-state index contributed by atoms with van der Waals surface area (Å²) in [6.07, 6.45) is 3.67. The van der Waals surface area contributed by atoms with Crippen LogP contribution in [0, 0.1) is 11.8 Å². The molecule has 3 aliphatic heterocycles. The summed E-state index contributed by atoms with van der Waals surface area (Å²) < 4.78 is 16.2. The van der Waals surface area contributed by atoms with Crippen LogP contribution in [0.5, 0.6) is 5.75 Å². The van der Waals surface area contributed by atoms with Crippen molar-refractivity contribution < 1.29 is 19.0 Å². The summed E-state index contributed by atoms with van der Waals surface area (Å²) in [4.78, 5) is 18.6. The van der Waals surface area contributed by atoms with Gasteiger partial charge in [0.05, 0.1) is 38.2 Å². The first-order valence-electron chi connectivity index (χ1n) is 9.97. The van der Waals surface area contributed by atoms with E-state index in [0.29, 0.717) is 11.5 Å². The number of carbonyl (C=O) groups excluding carboxylic acids is 1. The molecule has 0 amide bonds. The molecule has 1 aromatic heterocycles. The second kappa shape index (κ2) is 6.55. The molecule has 3 aliphatic rings. The number of H-pyrrole nitrogens is 1. The number of aromatic nitrogens is 1. The zero-order valence-corrected chi connectivity index (χ0v) is 16.5. The van der Waals surface area contributed by atoms with E-state index < -0.39 is 0 Å². The predicted octanol–water partition coefficient (Wildman–Crippen LogP) is 3.19. The van der Waals surface area contributed by atoms with Gasteiger partial charge in [0, 0.05) is 47.6 Å². The van der Waals surface area contributed by atoms with Crippen LogP contribution in [0.1, 0.15) is 30.6 Å². The lowest BCUT2D eigenvalue weighted by molar-refractivity contribution is -0.139. The number of fused-ring (bicyclic) bond motifs is 6. The van der Waals surface area contributed by atoms with Crippen molar-refractivity contribution in [3.05, 3.63) is 41.3 Å². The molecular formula is C22H26N2O4. The number of esters is 1. The van der Waals surface area contributed by atoms with Crippen LogP contribution < -0.4 is 4.74 Å². The molecule has 0 unspecified atom stereocenters. The summed E-state index contributed by atoms with van der Waals surface area (Å²) in [7, 11) is 3.13. The number of nitrogens with one attached hydrogen (secondary N) is 1. The smallest absolute Gasteiger partial charge is 0.337 e. The average Bonchev–Trinajstić information content (AvgIpc) is 3.10.